The van der Waals surface area contributed by atoms with E-state index in [-0.39, 0.29) is 0 Å². The molecule has 0 saturated heterocycles. The van der Waals surface area contributed by atoms with Crippen molar-refractivity contribution in [3.63, 3.8) is 0 Å². The van der Waals surface area contributed by atoms with E-state index in [1.54, 1.807) is 13.3 Å². The molecule has 20 heavy (non-hydrogen) atoms. The van der Waals surface area contributed by atoms with Crippen LogP contribution in [0.4, 0.5) is 0 Å². The smallest absolute Gasteiger partial charge is 0.208 e. The van der Waals surface area contributed by atoms with Gasteiger partial charge in [-0.05, 0) is 17.7 Å². The number of oxazole rings is 1. The van der Waals surface area contributed by atoms with Gasteiger partial charge < -0.3 is 19.6 Å². The second-order valence-corrected chi connectivity index (χ2v) is 4.50. The third kappa shape index (κ3) is 3.82. The molecule has 1 atom stereocenters. The molecule has 0 amide bonds. The summed E-state index contributed by atoms with van der Waals surface area (Å²) in [5, 5.41) is 13.2. The average molecular weight is 276 g/mol. The van der Waals surface area contributed by atoms with Gasteiger partial charge in [0.05, 0.1) is 26.0 Å². The van der Waals surface area contributed by atoms with Gasteiger partial charge in [0.2, 0.25) is 5.89 Å². The third-order valence-corrected chi connectivity index (χ3v) is 3.04. The number of hydrogen-bond acceptors (Lipinski definition) is 5. The summed E-state index contributed by atoms with van der Waals surface area (Å²) in [6.07, 6.45) is 1.97. The Morgan fingerprint density at radius 2 is 2.30 bits per heavy atom. The second kappa shape index (κ2) is 7.07. The second-order valence-electron chi connectivity index (χ2n) is 4.50. The lowest BCUT2D eigenvalue weighted by molar-refractivity contribution is 0.172. The molecule has 2 aromatic rings. The third-order valence-electron chi connectivity index (χ3n) is 3.04. The van der Waals surface area contributed by atoms with E-state index in [0.717, 1.165) is 23.5 Å². The van der Waals surface area contributed by atoms with Crippen LogP contribution in [0.2, 0.25) is 0 Å². The van der Waals surface area contributed by atoms with E-state index in [9.17, 15) is 5.11 Å². The fourth-order valence-electron chi connectivity index (χ4n) is 1.88. The Labute approximate surface area is 118 Å². The molecule has 5 heteroatoms. The van der Waals surface area contributed by atoms with Crippen LogP contribution in [0.3, 0.4) is 0 Å². The van der Waals surface area contributed by atoms with E-state index in [4.69, 9.17) is 9.15 Å². The van der Waals surface area contributed by atoms with Crippen molar-refractivity contribution in [1.82, 2.24) is 10.3 Å². The predicted octanol–water partition coefficient (Wildman–Crippen LogP) is 2.07. The largest absolute Gasteiger partial charge is 0.497 e. The van der Waals surface area contributed by atoms with E-state index < -0.39 is 6.10 Å². The minimum Gasteiger partial charge on any atom is -0.497 e. The molecular formula is C15H20N2O3. The number of aromatic nitrogens is 1. The molecule has 1 aromatic carbocycles. The molecule has 0 saturated carbocycles. The number of nitrogens with zero attached hydrogens (tertiary/aromatic N) is 1. The highest BCUT2D eigenvalue weighted by molar-refractivity contribution is 5.29. The monoisotopic (exact) mass is 276 g/mol. The molecule has 0 aliphatic rings. The first kappa shape index (κ1) is 14.6. The molecule has 5 nitrogen and oxygen atoms in total. The zero-order chi connectivity index (χ0) is 14.4. The summed E-state index contributed by atoms with van der Waals surface area (Å²) in [5.41, 5.74) is 0.818. The van der Waals surface area contributed by atoms with Crippen LogP contribution in [0.1, 0.15) is 30.2 Å². The molecule has 0 bridgehead atoms. The molecule has 108 valence electrons. The van der Waals surface area contributed by atoms with Crippen molar-refractivity contribution < 1.29 is 14.3 Å². The highest BCUT2D eigenvalue weighted by Gasteiger charge is 2.09. The van der Waals surface area contributed by atoms with Gasteiger partial charge in [0, 0.05) is 13.0 Å². The minimum atomic E-state index is -0.592. The first-order valence-electron chi connectivity index (χ1n) is 6.69. The number of methoxy groups -OCH3 is 1. The van der Waals surface area contributed by atoms with Gasteiger partial charge in [-0.2, -0.15) is 0 Å². The van der Waals surface area contributed by atoms with E-state index in [1.807, 2.05) is 31.2 Å². The number of nitrogens with one attached hydrogen (secondary N) is 1. The highest BCUT2D eigenvalue weighted by atomic mass is 16.5. The van der Waals surface area contributed by atoms with E-state index in [1.165, 1.54) is 0 Å². The van der Waals surface area contributed by atoms with Gasteiger partial charge in [0.15, 0.2) is 0 Å². The number of rotatable bonds is 7. The van der Waals surface area contributed by atoms with Crippen molar-refractivity contribution in [2.75, 3.05) is 13.7 Å². The topological polar surface area (TPSA) is 67.5 Å². The van der Waals surface area contributed by atoms with Crippen molar-refractivity contribution >= 4 is 0 Å². The summed E-state index contributed by atoms with van der Waals surface area (Å²) in [6.45, 7) is 2.95. The van der Waals surface area contributed by atoms with Gasteiger partial charge in [-0.25, -0.2) is 4.98 Å². The van der Waals surface area contributed by atoms with Crippen LogP contribution in [-0.4, -0.2) is 23.7 Å². The molecule has 0 aliphatic carbocycles. The van der Waals surface area contributed by atoms with E-state index >= 15 is 0 Å². The minimum absolute atomic E-state index is 0.428. The van der Waals surface area contributed by atoms with Gasteiger partial charge in [-0.3, -0.25) is 0 Å². The van der Waals surface area contributed by atoms with Gasteiger partial charge >= 0.3 is 0 Å². The predicted molar refractivity (Wildman–Crippen MR) is 75.5 cm³/mol. The summed E-state index contributed by atoms with van der Waals surface area (Å²) in [7, 11) is 1.61. The quantitative estimate of drug-likeness (QED) is 0.810. The Kier molecular flexibility index (Phi) is 5.15. The zero-order valence-corrected chi connectivity index (χ0v) is 11.8. The molecule has 1 aromatic heterocycles. The SMILES string of the molecule is CCc1cnc(CNCC(O)c2cccc(OC)c2)o1. The van der Waals surface area contributed by atoms with Crippen LogP contribution in [0.25, 0.3) is 0 Å². The van der Waals surface area contributed by atoms with Crippen molar-refractivity contribution in [2.24, 2.45) is 0 Å². The lowest BCUT2D eigenvalue weighted by Gasteiger charge is -2.12. The van der Waals surface area contributed by atoms with Gasteiger partial charge in [-0.1, -0.05) is 19.1 Å². The number of aliphatic hydroxyl groups is 1. The maximum absolute atomic E-state index is 10.1. The molecule has 0 spiro atoms. The van der Waals surface area contributed by atoms with Crippen molar-refractivity contribution in [3.8, 4) is 5.75 Å². The highest BCUT2D eigenvalue weighted by Crippen LogP contribution is 2.18. The van der Waals surface area contributed by atoms with Crippen LogP contribution in [0.5, 0.6) is 5.75 Å². The summed E-state index contributed by atoms with van der Waals surface area (Å²) in [5.74, 6) is 2.25. The standard InChI is InChI=1S/C15H20N2O3/c1-3-12-8-17-15(20-12)10-16-9-14(18)11-5-4-6-13(7-11)19-2/h4-8,14,16,18H,3,9-10H2,1-2H3. The molecule has 2 rings (SSSR count). The molecule has 1 unspecified atom stereocenters. The number of aryl methyl sites for hydroxylation is 1. The van der Waals surface area contributed by atoms with Crippen molar-refractivity contribution in [3.05, 3.63) is 47.7 Å². The molecule has 0 radical (unpaired) electrons. The molecule has 1 heterocycles. The summed E-state index contributed by atoms with van der Waals surface area (Å²) < 4.78 is 10.6. The maximum Gasteiger partial charge on any atom is 0.208 e. The summed E-state index contributed by atoms with van der Waals surface area (Å²) in [4.78, 5) is 4.15. The molecular weight excluding hydrogens is 256 g/mol. The van der Waals surface area contributed by atoms with Gasteiger partial charge in [0.25, 0.3) is 0 Å². The van der Waals surface area contributed by atoms with Crippen LogP contribution < -0.4 is 10.1 Å². The lowest BCUT2D eigenvalue weighted by Crippen LogP contribution is -2.21. The van der Waals surface area contributed by atoms with Gasteiger partial charge in [0.1, 0.15) is 11.5 Å². The average Bonchev–Trinajstić information content (AvgIpc) is 2.95. The maximum atomic E-state index is 10.1. The zero-order valence-electron chi connectivity index (χ0n) is 11.8. The van der Waals surface area contributed by atoms with E-state index in [0.29, 0.717) is 19.0 Å². The van der Waals surface area contributed by atoms with E-state index in [2.05, 4.69) is 10.3 Å². The normalized spacial score (nSPS) is 12.3. The number of ether oxygens (including phenoxy) is 1. The fraction of sp³-hybridized carbons (Fsp3) is 0.400. The Balaban J connectivity index is 1.83. The number of aliphatic hydroxyl groups excluding tert-OH is 1. The van der Waals surface area contributed by atoms with Crippen LogP contribution in [-0.2, 0) is 13.0 Å². The van der Waals surface area contributed by atoms with Gasteiger partial charge in [-0.15, -0.1) is 0 Å². The lowest BCUT2D eigenvalue weighted by atomic mass is 10.1. The van der Waals surface area contributed by atoms with Crippen molar-refractivity contribution in [1.29, 1.82) is 0 Å². The molecule has 2 N–H and O–H groups in total. The Hall–Kier alpha value is -1.85. The summed E-state index contributed by atoms with van der Waals surface area (Å²) in [6, 6.07) is 7.41. The Bertz CT molecular complexity index is 539. The Morgan fingerprint density at radius 3 is 3.00 bits per heavy atom. The Morgan fingerprint density at radius 1 is 1.45 bits per heavy atom. The van der Waals surface area contributed by atoms with Crippen LogP contribution in [0.15, 0.2) is 34.9 Å². The molecule has 0 aliphatic heterocycles. The summed E-state index contributed by atoms with van der Waals surface area (Å²) >= 11 is 0. The fourth-order valence-corrected chi connectivity index (χ4v) is 1.88. The molecule has 0 fully saturated rings. The van der Waals surface area contributed by atoms with Crippen molar-refractivity contribution in [2.45, 2.75) is 26.0 Å². The first-order valence-corrected chi connectivity index (χ1v) is 6.69. The van der Waals surface area contributed by atoms with Crippen LogP contribution in [0, 0.1) is 0 Å². The number of benzene rings is 1. The first-order chi connectivity index (χ1) is 9.72. The number of hydrogen-bond donors (Lipinski definition) is 2. The van der Waals surface area contributed by atoms with Crippen LogP contribution >= 0.6 is 0 Å².